The SMILES string of the molecule is CCc1cc(CC)c(-c2c(O)cc(O)cc2O)cc1CC. The summed E-state index contributed by atoms with van der Waals surface area (Å²) in [5.74, 6) is -0.352. The highest BCUT2D eigenvalue weighted by atomic mass is 16.3. The minimum absolute atomic E-state index is 0.103. The molecule has 0 unspecified atom stereocenters. The van der Waals surface area contributed by atoms with E-state index in [1.54, 1.807) is 0 Å². The van der Waals surface area contributed by atoms with Crippen LogP contribution in [0, 0.1) is 0 Å². The molecule has 0 radical (unpaired) electrons. The van der Waals surface area contributed by atoms with Gasteiger partial charge in [0.15, 0.2) is 0 Å². The summed E-state index contributed by atoms with van der Waals surface area (Å²) in [7, 11) is 0. The van der Waals surface area contributed by atoms with Crippen molar-refractivity contribution in [2.24, 2.45) is 0 Å². The Morgan fingerprint density at radius 1 is 0.667 bits per heavy atom. The summed E-state index contributed by atoms with van der Waals surface area (Å²) in [5.41, 5.74) is 4.83. The van der Waals surface area contributed by atoms with E-state index in [1.165, 1.54) is 23.3 Å². The molecule has 0 saturated carbocycles. The number of phenolic OH excluding ortho intramolecular Hbond substituents is 3. The molecule has 0 aliphatic carbocycles. The number of hydrogen-bond donors (Lipinski definition) is 3. The zero-order valence-corrected chi connectivity index (χ0v) is 12.8. The van der Waals surface area contributed by atoms with E-state index in [-0.39, 0.29) is 17.2 Å². The number of phenols is 3. The zero-order chi connectivity index (χ0) is 15.6. The smallest absolute Gasteiger partial charge is 0.130 e. The molecule has 0 atom stereocenters. The number of benzene rings is 2. The van der Waals surface area contributed by atoms with Gasteiger partial charge in [-0.05, 0) is 41.5 Å². The molecule has 2 rings (SSSR count). The Balaban J connectivity index is 2.74. The molecule has 3 nitrogen and oxygen atoms in total. The Labute approximate surface area is 125 Å². The highest BCUT2D eigenvalue weighted by Gasteiger charge is 2.17. The maximum Gasteiger partial charge on any atom is 0.130 e. The van der Waals surface area contributed by atoms with Gasteiger partial charge in [-0.3, -0.25) is 0 Å². The van der Waals surface area contributed by atoms with E-state index in [1.807, 2.05) is 6.07 Å². The van der Waals surface area contributed by atoms with Crippen molar-refractivity contribution in [1.82, 2.24) is 0 Å². The number of hydrogen-bond acceptors (Lipinski definition) is 3. The van der Waals surface area contributed by atoms with E-state index in [0.717, 1.165) is 30.4 Å². The standard InChI is InChI=1S/C18H22O3/c1-4-11-7-13(6-3)15(8-12(11)5-2)18-16(20)9-14(19)10-17(18)21/h7-10,19-21H,4-6H2,1-3H3. The van der Waals surface area contributed by atoms with Crippen molar-refractivity contribution in [1.29, 1.82) is 0 Å². The van der Waals surface area contributed by atoms with Crippen molar-refractivity contribution >= 4 is 0 Å². The molecule has 3 N–H and O–H groups in total. The maximum absolute atomic E-state index is 10.1. The molecule has 0 aliphatic heterocycles. The first-order valence-electron chi connectivity index (χ1n) is 7.41. The highest BCUT2D eigenvalue weighted by Crippen LogP contribution is 2.42. The van der Waals surface area contributed by atoms with E-state index in [9.17, 15) is 15.3 Å². The first-order chi connectivity index (χ1) is 10.0. The van der Waals surface area contributed by atoms with Crippen LogP contribution in [0.25, 0.3) is 11.1 Å². The summed E-state index contributed by atoms with van der Waals surface area (Å²) in [6.45, 7) is 6.28. The van der Waals surface area contributed by atoms with Crippen LogP contribution >= 0.6 is 0 Å². The summed E-state index contributed by atoms with van der Waals surface area (Å²) >= 11 is 0. The van der Waals surface area contributed by atoms with Crippen molar-refractivity contribution in [2.45, 2.75) is 40.0 Å². The van der Waals surface area contributed by atoms with Gasteiger partial charge in [-0.2, -0.15) is 0 Å². The van der Waals surface area contributed by atoms with Crippen molar-refractivity contribution in [3.05, 3.63) is 41.0 Å². The van der Waals surface area contributed by atoms with Gasteiger partial charge < -0.3 is 15.3 Å². The maximum atomic E-state index is 10.1. The lowest BCUT2D eigenvalue weighted by Gasteiger charge is -2.16. The van der Waals surface area contributed by atoms with E-state index in [2.05, 4.69) is 26.8 Å². The summed E-state index contributed by atoms with van der Waals surface area (Å²) < 4.78 is 0. The van der Waals surface area contributed by atoms with Crippen LogP contribution in [0.15, 0.2) is 24.3 Å². The lowest BCUT2D eigenvalue weighted by atomic mass is 9.90. The minimum atomic E-state index is -0.146. The number of aromatic hydroxyl groups is 3. The monoisotopic (exact) mass is 286 g/mol. The lowest BCUT2D eigenvalue weighted by Crippen LogP contribution is -1.97. The van der Waals surface area contributed by atoms with Crippen LogP contribution in [0.2, 0.25) is 0 Å². The van der Waals surface area contributed by atoms with E-state index in [4.69, 9.17) is 0 Å². The van der Waals surface area contributed by atoms with Crippen molar-refractivity contribution in [3.8, 4) is 28.4 Å². The van der Waals surface area contributed by atoms with Crippen LogP contribution < -0.4 is 0 Å². The lowest BCUT2D eigenvalue weighted by molar-refractivity contribution is 0.430. The zero-order valence-electron chi connectivity index (χ0n) is 12.8. The molecule has 0 saturated heterocycles. The molecule has 21 heavy (non-hydrogen) atoms. The molecule has 0 fully saturated rings. The van der Waals surface area contributed by atoms with Crippen molar-refractivity contribution in [2.75, 3.05) is 0 Å². The average Bonchev–Trinajstić information content (AvgIpc) is 2.45. The molecular weight excluding hydrogens is 264 g/mol. The first-order valence-corrected chi connectivity index (χ1v) is 7.41. The Bertz CT molecular complexity index is 637. The second-order valence-corrected chi connectivity index (χ2v) is 5.20. The molecular formula is C18H22O3. The molecule has 0 bridgehead atoms. The van der Waals surface area contributed by atoms with Gasteiger partial charge in [-0.25, -0.2) is 0 Å². The van der Waals surface area contributed by atoms with Crippen LogP contribution in [0.4, 0.5) is 0 Å². The van der Waals surface area contributed by atoms with Gasteiger partial charge in [0.2, 0.25) is 0 Å². The molecule has 0 heterocycles. The second-order valence-electron chi connectivity index (χ2n) is 5.20. The third-order valence-corrected chi connectivity index (χ3v) is 3.92. The van der Waals surface area contributed by atoms with Crippen LogP contribution in [0.3, 0.4) is 0 Å². The average molecular weight is 286 g/mol. The molecule has 0 aromatic heterocycles. The largest absolute Gasteiger partial charge is 0.508 e. The van der Waals surface area contributed by atoms with Crippen LogP contribution in [-0.2, 0) is 19.3 Å². The normalized spacial score (nSPS) is 10.8. The Hall–Kier alpha value is -2.16. The number of aryl methyl sites for hydroxylation is 3. The van der Waals surface area contributed by atoms with Gasteiger partial charge in [-0.1, -0.05) is 32.9 Å². The second kappa shape index (κ2) is 6.08. The Morgan fingerprint density at radius 3 is 1.62 bits per heavy atom. The van der Waals surface area contributed by atoms with Gasteiger partial charge in [0.05, 0.1) is 5.56 Å². The van der Waals surface area contributed by atoms with E-state index in [0.29, 0.717) is 5.56 Å². The van der Waals surface area contributed by atoms with Gasteiger partial charge in [0.25, 0.3) is 0 Å². The Morgan fingerprint density at radius 2 is 1.14 bits per heavy atom. The molecule has 0 aliphatic rings. The fourth-order valence-electron chi connectivity index (χ4n) is 2.80. The summed E-state index contributed by atoms with van der Waals surface area (Å²) in [4.78, 5) is 0. The van der Waals surface area contributed by atoms with Crippen LogP contribution in [-0.4, -0.2) is 15.3 Å². The van der Waals surface area contributed by atoms with Crippen LogP contribution in [0.1, 0.15) is 37.5 Å². The minimum Gasteiger partial charge on any atom is -0.508 e. The first kappa shape index (κ1) is 15.2. The predicted molar refractivity (Wildman–Crippen MR) is 85.0 cm³/mol. The van der Waals surface area contributed by atoms with Crippen molar-refractivity contribution in [3.63, 3.8) is 0 Å². The molecule has 2 aromatic rings. The van der Waals surface area contributed by atoms with Gasteiger partial charge in [0.1, 0.15) is 17.2 Å². The fraction of sp³-hybridized carbons (Fsp3) is 0.333. The molecule has 112 valence electrons. The molecule has 0 spiro atoms. The topological polar surface area (TPSA) is 60.7 Å². The van der Waals surface area contributed by atoms with Gasteiger partial charge >= 0.3 is 0 Å². The quantitative estimate of drug-likeness (QED) is 0.791. The molecule has 2 aromatic carbocycles. The Kier molecular flexibility index (Phi) is 4.41. The van der Waals surface area contributed by atoms with Crippen LogP contribution in [0.5, 0.6) is 17.2 Å². The third-order valence-electron chi connectivity index (χ3n) is 3.92. The third kappa shape index (κ3) is 2.82. The molecule has 3 heteroatoms. The van der Waals surface area contributed by atoms with Gasteiger partial charge in [0, 0.05) is 12.1 Å². The summed E-state index contributed by atoms with van der Waals surface area (Å²) in [5, 5.41) is 29.7. The summed E-state index contributed by atoms with van der Waals surface area (Å²) in [6.07, 6.45) is 2.68. The molecule has 0 amide bonds. The van der Waals surface area contributed by atoms with E-state index < -0.39 is 0 Å². The van der Waals surface area contributed by atoms with E-state index >= 15 is 0 Å². The van der Waals surface area contributed by atoms with Gasteiger partial charge in [-0.15, -0.1) is 0 Å². The predicted octanol–water partition coefficient (Wildman–Crippen LogP) is 4.16. The van der Waals surface area contributed by atoms with Crippen molar-refractivity contribution < 1.29 is 15.3 Å². The number of rotatable bonds is 4. The fourth-order valence-corrected chi connectivity index (χ4v) is 2.80. The highest BCUT2D eigenvalue weighted by molar-refractivity contribution is 5.80. The summed E-state index contributed by atoms with van der Waals surface area (Å²) in [6, 6.07) is 6.71.